The first-order valence-electron chi connectivity index (χ1n) is 6.55. The zero-order chi connectivity index (χ0) is 13.2. The van der Waals surface area contributed by atoms with Gasteiger partial charge >= 0.3 is 0 Å². The molecule has 0 spiro atoms. The molecule has 1 unspecified atom stereocenters. The highest BCUT2D eigenvalue weighted by Crippen LogP contribution is 2.20. The lowest BCUT2D eigenvalue weighted by molar-refractivity contribution is 0.112. The van der Waals surface area contributed by atoms with Crippen LogP contribution in [0, 0.1) is 0 Å². The van der Waals surface area contributed by atoms with Gasteiger partial charge in [-0.1, -0.05) is 0 Å². The fourth-order valence-corrected chi connectivity index (χ4v) is 2.66. The first kappa shape index (κ1) is 12.2. The highest BCUT2D eigenvalue weighted by atomic mass is 16.5. The van der Waals surface area contributed by atoms with Gasteiger partial charge in [-0.2, -0.15) is 0 Å². The van der Waals surface area contributed by atoms with Crippen molar-refractivity contribution in [3.63, 3.8) is 0 Å². The summed E-state index contributed by atoms with van der Waals surface area (Å²) in [4.78, 5) is 15.5. The van der Waals surface area contributed by atoms with Crippen LogP contribution in [0.3, 0.4) is 0 Å². The maximum atomic E-state index is 11.1. The molecule has 1 N–H and O–H groups in total. The van der Waals surface area contributed by atoms with Gasteiger partial charge in [0.25, 0.3) is 0 Å². The van der Waals surface area contributed by atoms with Crippen LogP contribution < -0.4 is 10.1 Å². The van der Waals surface area contributed by atoms with Crippen molar-refractivity contribution in [1.82, 2.24) is 14.7 Å². The number of pyridine rings is 1. The van der Waals surface area contributed by atoms with Crippen molar-refractivity contribution in [3.05, 3.63) is 29.8 Å². The molecule has 3 heterocycles. The summed E-state index contributed by atoms with van der Waals surface area (Å²) in [5.41, 5.74) is 1.33. The maximum Gasteiger partial charge on any atom is 0.170 e. The number of carbonyl (C=O) groups is 1. The van der Waals surface area contributed by atoms with Crippen LogP contribution in [-0.4, -0.2) is 35.4 Å². The number of fused-ring (bicyclic) bond motifs is 1. The van der Waals surface area contributed by atoms with Crippen molar-refractivity contribution in [2.45, 2.75) is 25.3 Å². The van der Waals surface area contributed by atoms with Gasteiger partial charge in [0.1, 0.15) is 17.3 Å². The Morgan fingerprint density at radius 1 is 1.58 bits per heavy atom. The van der Waals surface area contributed by atoms with Crippen LogP contribution in [0.2, 0.25) is 0 Å². The predicted molar refractivity (Wildman–Crippen MR) is 71.9 cm³/mol. The minimum atomic E-state index is 0.455. The highest BCUT2D eigenvalue weighted by molar-refractivity contribution is 5.83. The van der Waals surface area contributed by atoms with Gasteiger partial charge in [-0.3, -0.25) is 9.20 Å². The topological polar surface area (TPSA) is 55.6 Å². The molecule has 1 fully saturated rings. The number of nitrogens with one attached hydrogen (secondary N) is 1. The van der Waals surface area contributed by atoms with Crippen molar-refractivity contribution in [2.75, 3.05) is 13.7 Å². The number of hydrogen-bond acceptors (Lipinski definition) is 4. The summed E-state index contributed by atoms with van der Waals surface area (Å²) in [5.74, 6) is 1.68. The molecule has 3 rings (SSSR count). The summed E-state index contributed by atoms with van der Waals surface area (Å²) in [6, 6.07) is 4.18. The number of aromatic nitrogens is 2. The second-order valence-corrected chi connectivity index (χ2v) is 4.85. The molecule has 2 aromatic rings. The highest BCUT2D eigenvalue weighted by Gasteiger charge is 2.19. The van der Waals surface area contributed by atoms with Crippen molar-refractivity contribution in [1.29, 1.82) is 0 Å². The molecule has 0 aliphatic carbocycles. The Kier molecular flexibility index (Phi) is 3.21. The molecule has 2 aromatic heterocycles. The SMILES string of the molecule is COc1ccc2c(C=O)nc(CC3CCCN3)n2c1. The normalized spacial score (nSPS) is 18.9. The van der Waals surface area contributed by atoms with Crippen molar-refractivity contribution >= 4 is 11.8 Å². The third-order valence-corrected chi connectivity index (χ3v) is 3.65. The van der Waals surface area contributed by atoms with E-state index in [1.54, 1.807) is 7.11 Å². The van der Waals surface area contributed by atoms with E-state index in [9.17, 15) is 4.79 Å². The van der Waals surface area contributed by atoms with Crippen molar-refractivity contribution < 1.29 is 9.53 Å². The molecule has 5 nitrogen and oxygen atoms in total. The van der Waals surface area contributed by atoms with E-state index in [0.29, 0.717) is 11.7 Å². The Morgan fingerprint density at radius 2 is 2.47 bits per heavy atom. The average Bonchev–Trinajstić information content (AvgIpc) is 3.07. The molecular weight excluding hydrogens is 242 g/mol. The van der Waals surface area contributed by atoms with E-state index in [-0.39, 0.29) is 0 Å². The maximum absolute atomic E-state index is 11.1. The minimum absolute atomic E-state index is 0.455. The summed E-state index contributed by atoms with van der Waals surface area (Å²) < 4.78 is 7.20. The third-order valence-electron chi connectivity index (χ3n) is 3.65. The molecule has 19 heavy (non-hydrogen) atoms. The van der Waals surface area contributed by atoms with E-state index in [1.807, 2.05) is 22.7 Å². The van der Waals surface area contributed by atoms with E-state index >= 15 is 0 Å². The molecule has 1 aliphatic rings. The van der Waals surface area contributed by atoms with Crippen LogP contribution in [0.15, 0.2) is 18.3 Å². The Balaban J connectivity index is 2.03. The van der Waals surface area contributed by atoms with Crippen LogP contribution in [0.1, 0.15) is 29.2 Å². The molecule has 1 atom stereocenters. The van der Waals surface area contributed by atoms with Gasteiger partial charge in [0.2, 0.25) is 0 Å². The number of rotatable bonds is 4. The molecule has 0 aromatic carbocycles. The molecule has 5 heteroatoms. The molecule has 0 radical (unpaired) electrons. The first-order valence-corrected chi connectivity index (χ1v) is 6.55. The molecular formula is C14H17N3O2. The van der Waals surface area contributed by atoms with Crippen LogP contribution in [0.25, 0.3) is 5.52 Å². The number of aldehydes is 1. The number of ether oxygens (including phenoxy) is 1. The average molecular weight is 259 g/mol. The van der Waals surface area contributed by atoms with E-state index in [2.05, 4.69) is 10.3 Å². The zero-order valence-electron chi connectivity index (χ0n) is 10.9. The lowest BCUT2D eigenvalue weighted by Gasteiger charge is -2.09. The standard InChI is InChI=1S/C14H17N3O2/c1-19-11-4-5-13-12(9-18)16-14(17(13)8-11)7-10-3-2-6-15-10/h4-5,8-10,15H,2-3,6-7H2,1H3. The Morgan fingerprint density at radius 3 is 3.16 bits per heavy atom. The molecule has 0 saturated carbocycles. The monoisotopic (exact) mass is 259 g/mol. The van der Waals surface area contributed by atoms with E-state index in [1.165, 1.54) is 6.42 Å². The largest absolute Gasteiger partial charge is 0.495 e. The smallest absolute Gasteiger partial charge is 0.170 e. The summed E-state index contributed by atoms with van der Waals surface area (Å²) >= 11 is 0. The number of hydrogen-bond donors (Lipinski definition) is 1. The summed E-state index contributed by atoms with van der Waals surface area (Å²) in [7, 11) is 1.64. The molecule has 0 bridgehead atoms. The van der Waals surface area contributed by atoms with Gasteiger partial charge in [0.15, 0.2) is 6.29 Å². The summed E-state index contributed by atoms with van der Waals surface area (Å²) in [6.45, 7) is 1.07. The molecule has 1 saturated heterocycles. The number of methoxy groups -OCH3 is 1. The Bertz CT molecular complexity index is 600. The minimum Gasteiger partial charge on any atom is -0.495 e. The molecule has 0 amide bonds. The lowest BCUT2D eigenvalue weighted by atomic mass is 10.1. The van der Waals surface area contributed by atoms with E-state index in [4.69, 9.17) is 4.74 Å². The van der Waals surface area contributed by atoms with Gasteiger partial charge in [0.05, 0.1) is 18.8 Å². The fraction of sp³-hybridized carbons (Fsp3) is 0.429. The predicted octanol–water partition coefficient (Wildman–Crippen LogP) is 1.45. The zero-order valence-corrected chi connectivity index (χ0v) is 10.9. The number of imidazole rings is 1. The van der Waals surface area contributed by atoms with Crippen LogP contribution in [-0.2, 0) is 6.42 Å². The lowest BCUT2D eigenvalue weighted by Crippen LogP contribution is -2.24. The Hall–Kier alpha value is -1.88. The first-order chi connectivity index (χ1) is 9.31. The fourth-order valence-electron chi connectivity index (χ4n) is 2.66. The second kappa shape index (κ2) is 5.01. The van der Waals surface area contributed by atoms with Crippen LogP contribution in [0.4, 0.5) is 0 Å². The van der Waals surface area contributed by atoms with Gasteiger partial charge in [-0.05, 0) is 31.5 Å². The van der Waals surface area contributed by atoms with Gasteiger partial charge < -0.3 is 10.1 Å². The second-order valence-electron chi connectivity index (χ2n) is 4.85. The van der Waals surface area contributed by atoms with E-state index in [0.717, 1.165) is 42.8 Å². The van der Waals surface area contributed by atoms with Gasteiger partial charge in [-0.15, -0.1) is 0 Å². The number of carbonyl (C=O) groups excluding carboxylic acids is 1. The number of nitrogens with zero attached hydrogens (tertiary/aromatic N) is 2. The summed E-state index contributed by atoms with van der Waals surface area (Å²) in [6.07, 6.45) is 5.91. The van der Waals surface area contributed by atoms with E-state index < -0.39 is 0 Å². The quantitative estimate of drug-likeness (QED) is 0.844. The van der Waals surface area contributed by atoms with Gasteiger partial charge in [-0.25, -0.2) is 4.98 Å². The molecule has 1 aliphatic heterocycles. The van der Waals surface area contributed by atoms with Crippen molar-refractivity contribution in [2.24, 2.45) is 0 Å². The van der Waals surface area contributed by atoms with Gasteiger partial charge in [0, 0.05) is 12.5 Å². The van der Waals surface area contributed by atoms with Crippen LogP contribution >= 0.6 is 0 Å². The summed E-state index contributed by atoms with van der Waals surface area (Å²) in [5, 5.41) is 3.45. The third kappa shape index (κ3) is 2.21. The van der Waals surface area contributed by atoms with Crippen LogP contribution in [0.5, 0.6) is 5.75 Å². The Labute approximate surface area is 111 Å². The van der Waals surface area contributed by atoms with Crippen molar-refractivity contribution in [3.8, 4) is 5.75 Å². The molecule has 100 valence electrons.